The number of furan rings is 1. The van der Waals surface area contributed by atoms with Crippen LogP contribution in [0.3, 0.4) is 0 Å². The van der Waals surface area contributed by atoms with Crippen molar-refractivity contribution < 1.29 is 22.8 Å². The Hall–Kier alpha value is -4.85. The van der Waals surface area contributed by atoms with Gasteiger partial charge in [-0.1, -0.05) is 42.5 Å². The molecule has 0 spiro atoms. The van der Waals surface area contributed by atoms with Crippen LogP contribution in [-0.4, -0.2) is 47.8 Å². The van der Waals surface area contributed by atoms with E-state index in [4.69, 9.17) is 4.42 Å². The van der Waals surface area contributed by atoms with E-state index in [1.807, 2.05) is 43.3 Å². The molecule has 3 aromatic carbocycles. The molecule has 0 radical (unpaired) electrons. The molecule has 3 heterocycles. The molecule has 1 fully saturated rings. The largest absolute Gasteiger partial charge is 0.453 e. The average molecular weight is 566 g/mol. The lowest BCUT2D eigenvalue weighted by Crippen LogP contribution is -2.49. The van der Waals surface area contributed by atoms with Crippen molar-refractivity contribution in [1.82, 2.24) is 9.88 Å². The summed E-state index contributed by atoms with van der Waals surface area (Å²) in [5.74, 6) is 0.178. The summed E-state index contributed by atoms with van der Waals surface area (Å²) in [5, 5.41) is 0.820. The third kappa shape index (κ3) is 5.65. The fraction of sp³-hybridized carbons (Fsp3) is 0.206. The smallest absolute Gasteiger partial charge is 0.227 e. The Balaban J connectivity index is 1.08. The Morgan fingerprint density at radius 2 is 1.64 bits per heavy atom. The lowest BCUT2D eigenvalue weighted by molar-refractivity contribution is -0.130. The number of carbonyl (C=O) groups excluding carboxylic acids is 2. The number of carbonyl (C=O) groups is 2. The van der Waals surface area contributed by atoms with Gasteiger partial charge >= 0.3 is 0 Å². The maximum Gasteiger partial charge on any atom is 0.227 e. The first-order valence-corrected chi connectivity index (χ1v) is 13.9. The number of fused-ring (bicyclic) bond motifs is 1. The van der Waals surface area contributed by atoms with Crippen LogP contribution >= 0.6 is 0 Å². The minimum absolute atomic E-state index is 0.0481. The van der Waals surface area contributed by atoms with Crippen molar-refractivity contribution >= 4 is 28.5 Å². The van der Waals surface area contributed by atoms with E-state index < -0.39 is 0 Å². The van der Waals surface area contributed by atoms with Gasteiger partial charge in [-0.25, -0.2) is 13.8 Å². The van der Waals surface area contributed by atoms with E-state index >= 15 is 0 Å². The van der Waals surface area contributed by atoms with E-state index in [9.17, 15) is 18.4 Å². The highest BCUT2D eigenvalue weighted by Crippen LogP contribution is 2.31. The van der Waals surface area contributed by atoms with Crippen LogP contribution in [0.4, 0.5) is 14.6 Å². The number of aryl methyl sites for hydroxylation is 1. The molecule has 0 atom stereocenters. The van der Waals surface area contributed by atoms with Crippen LogP contribution in [0.1, 0.15) is 27.2 Å². The maximum absolute atomic E-state index is 13.9. The van der Waals surface area contributed by atoms with Crippen molar-refractivity contribution in [1.29, 1.82) is 0 Å². The van der Waals surface area contributed by atoms with Gasteiger partial charge < -0.3 is 14.2 Å². The molecule has 0 unspecified atom stereocenters. The Bertz CT molecular complexity index is 1770. The molecule has 0 aliphatic carbocycles. The van der Waals surface area contributed by atoms with Crippen molar-refractivity contribution in [2.24, 2.45) is 0 Å². The molecule has 0 N–H and O–H groups in total. The first-order valence-electron chi connectivity index (χ1n) is 13.9. The van der Waals surface area contributed by atoms with Crippen LogP contribution in [0.5, 0.6) is 0 Å². The minimum Gasteiger partial charge on any atom is -0.453 e. The molecule has 6 rings (SSSR count). The third-order valence-electron chi connectivity index (χ3n) is 7.78. The molecular formula is C34H29F2N3O3. The lowest BCUT2D eigenvalue weighted by Gasteiger charge is -2.35. The standard InChI is InChI=1S/C34H29F2N3O3/c1-22-28-19-25(24-6-4-7-27(35)18-24)10-11-31(28)42-34(22)30(40)17-23-9-12-32(37-21-23)38-13-15-39(16-14-38)33(41)20-26-5-2-3-8-29(26)36/h2-12,18-19,21H,13-17,20H2,1H3. The van der Waals surface area contributed by atoms with Gasteiger partial charge in [-0.15, -0.1) is 0 Å². The summed E-state index contributed by atoms with van der Waals surface area (Å²) in [6, 6.07) is 22.1. The molecule has 1 aliphatic rings. The number of halogens is 2. The summed E-state index contributed by atoms with van der Waals surface area (Å²) < 4.78 is 33.6. The molecule has 1 aliphatic heterocycles. The predicted octanol–water partition coefficient (Wildman–Crippen LogP) is 6.40. The number of nitrogens with zero attached hydrogens (tertiary/aromatic N) is 3. The van der Waals surface area contributed by atoms with E-state index in [-0.39, 0.29) is 36.2 Å². The topological polar surface area (TPSA) is 66.7 Å². The highest BCUT2D eigenvalue weighted by Gasteiger charge is 2.23. The van der Waals surface area contributed by atoms with Crippen LogP contribution in [0.15, 0.2) is 89.5 Å². The Kier molecular flexibility index (Phi) is 7.52. The SMILES string of the molecule is Cc1c(C(=O)Cc2ccc(N3CCN(C(=O)Cc4ccccc4F)CC3)nc2)oc2ccc(-c3cccc(F)c3)cc12. The molecule has 2 aromatic heterocycles. The molecule has 1 saturated heterocycles. The average Bonchev–Trinajstić information content (AvgIpc) is 3.34. The predicted molar refractivity (Wildman–Crippen MR) is 158 cm³/mol. The van der Waals surface area contributed by atoms with Crippen molar-refractivity contribution in [3.05, 3.63) is 119 Å². The number of aromatic nitrogens is 1. The monoisotopic (exact) mass is 565 g/mol. The summed E-state index contributed by atoms with van der Waals surface area (Å²) >= 11 is 0. The number of pyridine rings is 1. The van der Waals surface area contributed by atoms with E-state index in [1.54, 1.807) is 35.4 Å². The zero-order valence-corrected chi connectivity index (χ0v) is 23.1. The van der Waals surface area contributed by atoms with Crippen molar-refractivity contribution in [3.63, 3.8) is 0 Å². The molecule has 1 amide bonds. The normalized spacial score (nSPS) is 13.5. The van der Waals surface area contributed by atoms with Crippen LogP contribution in [0.2, 0.25) is 0 Å². The number of anilines is 1. The molecular weight excluding hydrogens is 536 g/mol. The molecule has 0 saturated carbocycles. The maximum atomic E-state index is 13.9. The fourth-order valence-corrected chi connectivity index (χ4v) is 5.41. The second-order valence-electron chi connectivity index (χ2n) is 10.5. The van der Waals surface area contributed by atoms with Gasteiger partial charge in [0.15, 0.2) is 5.76 Å². The molecule has 5 aromatic rings. The van der Waals surface area contributed by atoms with Gasteiger partial charge in [0.05, 0.1) is 6.42 Å². The summed E-state index contributed by atoms with van der Waals surface area (Å²) in [7, 11) is 0. The highest BCUT2D eigenvalue weighted by atomic mass is 19.1. The van der Waals surface area contributed by atoms with Gasteiger partial charge in [-0.3, -0.25) is 9.59 Å². The number of Topliss-reactive ketones (excluding diaryl/α,β-unsaturated/α-hetero) is 1. The summed E-state index contributed by atoms with van der Waals surface area (Å²) in [6.45, 7) is 4.15. The number of hydrogen-bond acceptors (Lipinski definition) is 5. The quantitative estimate of drug-likeness (QED) is 0.214. The first kappa shape index (κ1) is 27.3. The summed E-state index contributed by atoms with van der Waals surface area (Å²) in [6.07, 6.45) is 1.89. The Labute approximate surface area is 242 Å². The van der Waals surface area contributed by atoms with Gasteiger partial charge in [0.2, 0.25) is 11.7 Å². The second-order valence-corrected chi connectivity index (χ2v) is 10.5. The highest BCUT2D eigenvalue weighted by molar-refractivity contribution is 6.02. The van der Waals surface area contributed by atoms with Gasteiger partial charge in [0.25, 0.3) is 0 Å². The number of amides is 1. The molecule has 212 valence electrons. The van der Waals surface area contributed by atoms with Gasteiger partial charge in [-0.2, -0.15) is 0 Å². The van der Waals surface area contributed by atoms with Crippen LogP contribution < -0.4 is 4.90 Å². The fourth-order valence-electron chi connectivity index (χ4n) is 5.41. The molecule has 8 heteroatoms. The lowest BCUT2D eigenvalue weighted by atomic mass is 10.0. The van der Waals surface area contributed by atoms with E-state index in [2.05, 4.69) is 9.88 Å². The van der Waals surface area contributed by atoms with E-state index in [0.717, 1.165) is 33.5 Å². The van der Waals surface area contributed by atoms with E-state index in [1.165, 1.54) is 18.2 Å². The van der Waals surface area contributed by atoms with Crippen LogP contribution in [-0.2, 0) is 17.6 Å². The Morgan fingerprint density at radius 3 is 2.38 bits per heavy atom. The van der Waals surface area contributed by atoms with Gasteiger partial charge in [0, 0.05) is 49.7 Å². The number of rotatable bonds is 7. The molecule has 42 heavy (non-hydrogen) atoms. The number of benzene rings is 3. The molecule has 6 nitrogen and oxygen atoms in total. The van der Waals surface area contributed by atoms with Crippen molar-refractivity contribution in [3.8, 4) is 11.1 Å². The van der Waals surface area contributed by atoms with E-state index in [0.29, 0.717) is 43.1 Å². The van der Waals surface area contributed by atoms with Crippen LogP contribution in [0.25, 0.3) is 22.1 Å². The first-order chi connectivity index (χ1) is 20.4. The van der Waals surface area contributed by atoms with Gasteiger partial charge in [0.1, 0.15) is 23.0 Å². The number of hydrogen-bond donors (Lipinski definition) is 0. The Morgan fingerprint density at radius 1 is 0.857 bits per heavy atom. The zero-order valence-electron chi connectivity index (χ0n) is 23.1. The minimum atomic E-state index is -0.363. The summed E-state index contributed by atoms with van der Waals surface area (Å²) in [4.78, 5) is 34.3. The zero-order chi connectivity index (χ0) is 29.2. The molecule has 0 bridgehead atoms. The van der Waals surface area contributed by atoms with Crippen LogP contribution in [0, 0.1) is 18.6 Å². The van der Waals surface area contributed by atoms with Crippen molar-refractivity contribution in [2.75, 3.05) is 31.1 Å². The third-order valence-corrected chi connectivity index (χ3v) is 7.78. The second kappa shape index (κ2) is 11.6. The number of ketones is 1. The van der Waals surface area contributed by atoms with Gasteiger partial charge in [-0.05, 0) is 65.6 Å². The van der Waals surface area contributed by atoms with Crippen molar-refractivity contribution in [2.45, 2.75) is 19.8 Å². The summed E-state index contributed by atoms with van der Waals surface area (Å²) in [5.41, 5.74) is 4.13. The number of piperazine rings is 1.